The first kappa shape index (κ1) is 18.4. The van der Waals surface area contributed by atoms with Gasteiger partial charge in [0.05, 0.1) is 7.11 Å². The molecule has 9 heteroatoms. The first-order valence-electron chi connectivity index (χ1n) is 6.08. The summed E-state index contributed by atoms with van der Waals surface area (Å²) in [5.41, 5.74) is 1.50. The van der Waals surface area contributed by atoms with Crippen LogP contribution in [0.4, 0.5) is 5.00 Å². The highest BCUT2D eigenvalue weighted by Gasteiger charge is 2.32. The molecule has 0 atom stereocenters. The second-order valence-electron chi connectivity index (χ2n) is 4.30. The Kier molecular flexibility index (Phi) is 5.81. The van der Waals surface area contributed by atoms with Crippen molar-refractivity contribution in [1.29, 1.82) is 0 Å². The van der Waals surface area contributed by atoms with Gasteiger partial charge in [0.15, 0.2) is 0 Å². The van der Waals surface area contributed by atoms with Crippen LogP contribution in [0.15, 0.2) is 29.6 Å². The van der Waals surface area contributed by atoms with E-state index in [1.165, 1.54) is 7.11 Å². The number of esters is 1. The molecule has 0 aliphatic rings. The number of thiophene rings is 1. The van der Waals surface area contributed by atoms with Gasteiger partial charge in [-0.05, 0) is 17.7 Å². The molecule has 2 aromatic rings. The van der Waals surface area contributed by atoms with E-state index in [4.69, 9.17) is 51.1 Å². The Morgan fingerprint density at radius 3 is 2.30 bits per heavy atom. The van der Waals surface area contributed by atoms with Crippen molar-refractivity contribution in [2.24, 2.45) is 0 Å². The largest absolute Gasteiger partial charge is 0.465 e. The highest BCUT2D eigenvalue weighted by Crippen LogP contribution is 2.38. The van der Waals surface area contributed by atoms with Gasteiger partial charge in [-0.2, -0.15) is 0 Å². The summed E-state index contributed by atoms with van der Waals surface area (Å²) in [7, 11) is 1.24. The van der Waals surface area contributed by atoms with Gasteiger partial charge in [0.2, 0.25) is 0 Å². The van der Waals surface area contributed by atoms with Crippen molar-refractivity contribution in [3.63, 3.8) is 0 Å². The fourth-order valence-corrected chi connectivity index (χ4v) is 2.99. The number of nitrogens with one attached hydrogen (secondary N) is 1. The fraction of sp³-hybridized carbons (Fsp3) is 0.143. The van der Waals surface area contributed by atoms with Gasteiger partial charge in [-0.15, -0.1) is 11.3 Å². The summed E-state index contributed by atoms with van der Waals surface area (Å²) in [6.07, 6.45) is 0. The van der Waals surface area contributed by atoms with Crippen molar-refractivity contribution in [2.45, 2.75) is 3.79 Å². The van der Waals surface area contributed by atoms with Gasteiger partial charge in [0.25, 0.3) is 9.70 Å². The lowest BCUT2D eigenvalue weighted by atomic mass is 10.0. The normalized spacial score (nSPS) is 11.2. The molecule has 1 aromatic heterocycles. The molecular weight excluding hydrogens is 404 g/mol. The van der Waals surface area contributed by atoms with Crippen molar-refractivity contribution in [3.05, 3.63) is 40.2 Å². The lowest BCUT2D eigenvalue weighted by molar-refractivity contribution is -0.115. The molecule has 0 bridgehead atoms. The van der Waals surface area contributed by atoms with Crippen LogP contribution in [-0.4, -0.2) is 22.8 Å². The van der Waals surface area contributed by atoms with Crippen LogP contribution in [0.1, 0.15) is 10.4 Å². The SMILES string of the molecule is COC(=O)c1c(-c2ccc(Cl)cc2)csc1NC(=O)C(Cl)(Cl)Cl. The number of hydrogen-bond acceptors (Lipinski definition) is 4. The molecule has 4 nitrogen and oxygen atoms in total. The van der Waals surface area contributed by atoms with Gasteiger partial charge in [0, 0.05) is 16.0 Å². The van der Waals surface area contributed by atoms with E-state index >= 15 is 0 Å². The van der Waals surface area contributed by atoms with Crippen molar-refractivity contribution in [3.8, 4) is 11.1 Å². The van der Waals surface area contributed by atoms with Gasteiger partial charge in [-0.1, -0.05) is 58.5 Å². The van der Waals surface area contributed by atoms with Crippen LogP contribution >= 0.6 is 57.7 Å². The molecule has 1 aromatic carbocycles. The number of methoxy groups -OCH3 is 1. The third kappa shape index (κ3) is 4.31. The van der Waals surface area contributed by atoms with Crippen molar-refractivity contribution in [2.75, 3.05) is 12.4 Å². The number of ether oxygens (including phenoxy) is 1. The number of alkyl halides is 3. The van der Waals surface area contributed by atoms with E-state index in [1.54, 1.807) is 29.6 Å². The maximum Gasteiger partial charge on any atom is 0.341 e. The number of rotatable bonds is 3. The first-order chi connectivity index (χ1) is 10.7. The van der Waals surface area contributed by atoms with E-state index in [1.807, 2.05) is 0 Å². The van der Waals surface area contributed by atoms with E-state index in [-0.39, 0.29) is 10.6 Å². The lowest BCUT2D eigenvalue weighted by Crippen LogP contribution is -2.27. The Morgan fingerprint density at radius 2 is 1.78 bits per heavy atom. The first-order valence-corrected chi connectivity index (χ1v) is 8.47. The molecular formula is C14H9Cl4NO3S. The third-order valence-electron chi connectivity index (χ3n) is 2.82. The molecule has 1 amide bonds. The van der Waals surface area contributed by atoms with E-state index in [0.717, 1.165) is 16.9 Å². The predicted octanol–water partition coefficient (Wildman–Crippen LogP) is 5.16. The summed E-state index contributed by atoms with van der Waals surface area (Å²) in [6, 6.07) is 6.87. The van der Waals surface area contributed by atoms with Gasteiger partial charge in [-0.25, -0.2) is 4.79 Å². The molecule has 122 valence electrons. The Labute approximate surface area is 156 Å². The molecule has 0 aliphatic carbocycles. The number of hydrogen-bond donors (Lipinski definition) is 1. The van der Waals surface area contributed by atoms with Crippen molar-refractivity contribution < 1.29 is 14.3 Å². The Balaban J connectivity index is 2.47. The molecule has 0 aliphatic heterocycles. The van der Waals surface area contributed by atoms with Crippen LogP contribution in [0.25, 0.3) is 11.1 Å². The fourth-order valence-electron chi connectivity index (χ4n) is 1.77. The van der Waals surface area contributed by atoms with E-state index in [0.29, 0.717) is 10.6 Å². The standard InChI is InChI=1S/C14H9Cl4NO3S/c1-22-12(20)10-9(7-2-4-8(15)5-3-7)6-23-11(10)19-13(21)14(16,17)18/h2-6H,1H3,(H,19,21). The monoisotopic (exact) mass is 411 g/mol. The second-order valence-corrected chi connectivity index (χ2v) is 7.90. The minimum Gasteiger partial charge on any atom is -0.465 e. The number of benzene rings is 1. The average molecular weight is 413 g/mol. The summed E-state index contributed by atoms with van der Waals surface area (Å²) in [5, 5.41) is 4.92. The smallest absolute Gasteiger partial charge is 0.341 e. The summed E-state index contributed by atoms with van der Waals surface area (Å²) in [5.74, 6) is -1.48. The quantitative estimate of drug-likeness (QED) is 0.559. The summed E-state index contributed by atoms with van der Waals surface area (Å²) < 4.78 is 2.64. The van der Waals surface area contributed by atoms with Crippen molar-refractivity contribution in [1.82, 2.24) is 0 Å². The highest BCUT2D eigenvalue weighted by atomic mass is 35.6. The van der Waals surface area contributed by atoms with E-state index in [9.17, 15) is 9.59 Å². The number of carbonyl (C=O) groups is 2. The van der Waals surface area contributed by atoms with Crippen LogP contribution in [0, 0.1) is 0 Å². The zero-order valence-electron chi connectivity index (χ0n) is 11.5. The Bertz CT molecular complexity index is 737. The summed E-state index contributed by atoms with van der Waals surface area (Å²) in [6.45, 7) is 0. The molecule has 2 rings (SSSR count). The number of amides is 1. The van der Waals surface area contributed by atoms with Gasteiger partial charge >= 0.3 is 5.97 Å². The van der Waals surface area contributed by atoms with Crippen LogP contribution in [0.3, 0.4) is 0 Å². The minimum absolute atomic E-state index is 0.183. The maximum atomic E-state index is 12.1. The highest BCUT2D eigenvalue weighted by molar-refractivity contribution is 7.15. The summed E-state index contributed by atoms with van der Waals surface area (Å²) in [4.78, 5) is 23.9. The maximum absolute atomic E-state index is 12.1. The van der Waals surface area contributed by atoms with Crippen LogP contribution in [0.5, 0.6) is 0 Å². The molecule has 23 heavy (non-hydrogen) atoms. The third-order valence-corrected chi connectivity index (χ3v) is 4.48. The minimum atomic E-state index is -2.14. The zero-order chi connectivity index (χ0) is 17.2. The predicted molar refractivity (Wildman–Crippen MR) is 95.0 cm³/mol. The second kappa shape index (κ2) is 7.28. The van der Waals surface area contributed by atoms with E-state index in [2.05, 4.69) is 5.32 Å². The van der Waals surface area contributed by atoms with Crippen LogP contribution < -0.4 is 5.32 Å². The Morgan fingerprint density at radius 1 is 1.17 bits per heavy atom. The molecule has 0 spiro atoms. The number of halogens is 4. The topological polar surface area (TPSA) is 55.4 Å². The molecule has 0 saturated carbocycles. The Hall–Kier alpha value is -0.980. The molecule has 0 saturated heterocycles. The zero-order valence-corrected chi connectivity index (χ0v) is 15.4. The van der Waals surface area contributed by atoms with Crippen LogP contribution in [-0.2, 0) is 9.53 Å². The van der Waals surface area contributed by atoms with Gasteiger partial charge in [0.1, 0.15) is 10.6 Å². The molecule has 0 fully saturated rings. The molecule has 0 unspecified atom stereocenters. The van der Waals surface area contributed by atoms with E-state index < -0.39 is 15.7 Å². The van der Waals surface area contributed by atoms with Gasteiger partial charge in [-0.3, -0.25) is 4.79 Å². The number of carbonyl (C=O) groups excluding carboxylic acids is 2. The van der Waals surface area contributed by atoms with Gasteiger partial charge < -0.3 is 10.1 Å². The molecule has 1 heterocycles. The summed E-state index contributed by atoms with van der Waals surface area (Å²) >= 11 is 23.6. The molecule has 0 radical (unpaired) electrons. The van der Waals surface area contributed by atoms with Crippen molar-refractivity contribution >= 4 is 74.6 Å². The average Bonchev–Trinajstić information content (AvgIpc) is 2.90. The lowest BCUT2D eigenvalue weighted by Gasteiger charge is -2.12. The van der Waals surface area contributed by atoms with Crippen LogP contribution in [0.2, 0.25) is 5.02 Å². The number of anilines is 1. The molecule has 1 N–H and O–H groups in total.